The fraction of sp³-hybridized carbons (Fsp3) is 0.200. The second kappa shape index (κ2) is 3.65. The minimum Gasteiger partial charge on any atom is -0.479 e. The summed E-state index contributed by atoms with van der Waals surface area (Å²) >= 11 is 0. The van der Waals surface area contributed by atoms with E-state index in [1.54, 1.807) is 0 Å². The molecular formula is C5H6O4. The monoisotopic (exact) mass is 130 g/mol. The smallest absolute Gasteiger partial charge is 0.341 e. The fourth-order valence-corrected chi connectivity index (χ4v) is 0.192. The summed E-state index contributed by atoms with van der Waals surface area (Å²) in [7, 11) is 0. The third-order valence-electron chi connectivity index (χ3n) is 0.505. The van der Waals surface area contributed by atoms with Crippen LogP contribution in [-0.4, -0.2) is 23.7 Å². The van der Waals surface area contributed by atoms with Crippen molar-refractivity contribution in [2.75, 3.05) is 6.61 Å². The van der Waals surface area contributed by atoms with Crippen LogP contribution in [0.1, 0.15) is 0 Å². The van der Waals surface area contributed by atoms with Crippen molar-refractivity contribution in [1.82, 2.24) is 0 Å². The summed E-state index contributed by atoms with van der Waals surface area (Å²) in [6.07, 6.45) is 0.906. The summed E-state index contributed by atoms with van der Waals surface area (Å²) in [6, 6.07) is 0. The zero-order chi connectivity index (χ0) is 7.28. The first-order chi connectivity index (χ1) is 4.16. The summed E-state index contributed by atoms with van der Waals surface area (Å²) in [5.41, 5.74) is 0. The lowest BCUT2D eigenvalue weighted by molar-refractivity contribution is -0.151. The number of hydrogen-bond donors (Lipinski definition) is 1. The van der Waals surface area contributed by atoms with Gasteiger partial charge in [0.2, 0.25) is 0 Å². The maximum atomic E-state index is 10.1. The van der Waals surface area contributed by atoms with Crippen LogP contribution in [0, 0.1) is 0 Å². The highest BCUT2D eigenvalue weighted by Gasteiger charge is 1.98. The Labute approximate surface area is 51.7 Å². The molecule has 0 aliphatic rings. The van der Waals surface area contributed by atoms with E-state index in [-0.39, 0.29) is 0 Å². The highest BCUT2D eigenvalue weighted by atomic mass is 16.5. The predicted octanol–water partition coefficient (Wildman–Crippen LogP) is -0.200. The summed E-state index contributed by atoms with van der Waals surface area (Å²) < 4.78 is 4.10. The van der Waals surface area contributed by atoms with E-state index in [1.807, 2.05) is 0 Å². The van der Waals surface area contributed by atoms with Gasteiger partial charge in [-0.15, -0.1) is 0 Å². The Bertz CT molecular complexity index is 138. The van der Waals surface area contributed by atoms with Crippen molar-refractivity contribution in [2.24, 2.45) is 0 Å². The minimum absolute atomic E-state index is 0.606. The van der Waals surface area contributed by atoms with E-state index in [2.05, 4.69) is 11.3 Å². The molecule has 0 unspecified atom stereocenters. The van der Waals surface area contributed by atoms with E-state index in [0.717, 1.165) is 6.08 Å². The molecule has 0 fully saturated rings. The third kappa shape index (κ3) is 4.53. The quantitative estimate of drug-likeness (QED) is 0.424. The van der Waals surface area contributed by atoms with Gasteiger partial charge < -0.3 is 9.84 Å². The topological polar surface area (TPSA) is 63.6 Å². The number of ether oxygens (including phenoxy) is 1. The molecular weight excluding hydrogens is 124 g/mol. The van der Waals surface area contributed by atoms with Crippen LogP contribution in [0.3, 0.4) is 0 Å². The molecule has 0 aromatic carbocycles. The number of esters is 1. The Hall–Kier alpha value is -1.32. The lowest BCUT2D eigenvalue weighted by Crippen LogP contribution is -2.10. The molecule has 0 saturated heterocycles. The molecule has 0 spiro atoms. The van der Waals surface area contributed by atoms with Crippen molar-refractivity contribution in [3.05, 3.63) is 12.7 Å². The Morgan fingerprint density at radius 1 is 1.67 bits per heavy atom. The summed E-state index contributed by atoms with van der Waals surface area (Å²) in [4.78, 5) is 19.8. The average molecular weight is 130 g/mol. The van der Waals surface area contributed by atoms with Gasteiger partial charge in [-0.3, -0.25) is 0 Å². The van der Waals surface area contributed by atoms with Crippen molar-refractivity contribution in [1.29, 1.82) is 0 Å². The van der Waals surface area contributed by atoms with Crippen LogP contribution in [0.15, 0.2) is 12.7 Å². The fourth-order valence-electron chi connectivity index (χ4n) is 0.192. The van der Waals surface area contributed by atoms with Crippen molar-refractivity contribution >= 4 is 11.9 Å². The molecule has 0 aromatic rings. The van der Waals surface area contributed by atoms with Gasteiger partial charge in [-0.2, -0.15) is 0 Å². The molecule has 0 aliphatic carbocycles. The van der Waals surface area contributed by atoms with Crippen molar-refractivity contribution < 1.29 is 19.4 Å². The zero-order valence-corrected chi connectivity index (χ0v) is 4.66. The predicted molar refractivity (Wildman–Crippen MR) is 28.8 cm³/mol. The maximum absolute atomic E-state index is 10.1. The largest absolute Gasteiger partial charge is 0.479 e. The zero-order valence-electron chi connectivity index (χ0n) is 4.66. The van der Waals surface area contributed by atoms with Crippen molar-refractivity contribution in [2.45, 2.75) is 0 Å². The van der Waals surface area contributed by atoms with Crippen LogP contribution in [0.25, 0.3) is 0 Å². The maximum Gasteiger partial charge on any atom is 0.341 e. The standard InChI is InChI=1S/C5H6O4/c1-2-5(8)9-3-4(6)7/h2H,1,3H2,(H,6,7). The number of hydrogen-bond acceptors (Lipinski definition) is 3. The lowest BCUT2D eigenvalue weighted by Gasteiger charge is -1.93. The van der Waals surface area contributed by atoms with Crippen LogP contribution in [0.5, 0.6) is 0 Å². The first kappa shape index (κ1) is 7.68. The first-order valence-corrected chi connectivity index (χ1v) is 2.18. The van der Waals surface area contributed by atoms with E-state index >= 15 is 0 Å². The van der Waals surface area contributed by atoms with E-state index < -0.39 is 18.5 Å². The number of carbonyl (C=O) groups excluding carboxylic acids is 1. The van der Waals surface area contributed by atoms with Crippen LogP contribution < -0.4 is 0 Å². The van der Waals surface area contributed by atoms with Gasteiger partial charge in [-0.25, -0.2) is 9.59 Å². The van der Waals surface area contributed by atoms with E-state index in [0.29, 0.717) is 0 Å². The summed E-state index contributed by atoms with van der Waals surface area (Å²) in [5.74, 6) is -1.90. The first-order valence-electron chi connectivity index (χ1n) is 2.18. The van der Waals surface area contributed by atoms with Gasteiger partial charge >= 0.3 is 11.9 Å². The molecule has 0 aromatic heterocycles. The molecule has 4 nitrogen and oxygen atoms in total. The van der Waals surface area contributed by atoms with Gasteiger partial charge in [0.25, 0.3) is 0 Å². The van der Waals surface area contributed by atoms with Crippen LogP contribution in [-0.2, 0) is 14.3 Å². The van der Waals surface area contributed by atoms with Crippen molar-refractivity contribution in [3.8, 4) is 0 Å². The van der Waals surface area contributed by atoms with Gasteiger partial charge in [-0.1, -0.05) is 6.58 Å². The van der Waals surface area contributed by atoms with Gasteiger partial charge in [0.15, 0.2) is 6.61 Å². The molecule has 0 saturated carbocycles. The van der Waals surface area contributed by atoms with Gasteiger partial charge in [0, 0.05) is 6.08 Å². The third-order valence-corrected chi connectivity index (χ3v) is 0.505. The number of carboxylic acid groups (broad SMARTS) is 1. The summed E-state index contributed by atoms with van der Waals surface area (Å²) in [6.45, 7) is 2.46. The molecule has 0 atom stereocenters. The Morgan fingerprint density at radius 2 is 2.22 bits per heavy atom. The molecule has 0 amide bonds. The van der Waals surface area contributed by atoms with Crippen LogP contribution in [0.2, 0.25) is 0 Å². The molecule has 4 heteroatoms. The van der Waals surface area contributed by atoms with Crippen LogP contribution in [0.4, 0.5) is 0 Å². The minimum atomic E-state index is -1.18. The second-order valence-electron chi connectivity index (χ2n) is 1.21. The normalized spacial score (nSPS) is 8.00. The van der Waals surface area contributed by atoms with Gasteiger partial charge in [0.1, 0.15) is 0 Å². The lowest BCUT2D eigenvalue weighted by atomic mass is 10.6. The Kier molecular flexibility index (Phi) is 3.12. The van der Waals surface area contributed by atoms with E-state index in [1.165, 1.54) is 0 Å². The number of carbonyl (C=O) groups is 2. The number of rotatable bonds is 3. The summed E-state index contributed by atoms with van der Waals surface area (Å²) in [5, 5.41) is 7.95. The second-order valence-corrected chi connectivity index (χ2v) is 1.21. The molecule has 9 heavy (non-hydrogen) atoms. The highest BCUT2D eigenvalue weighted by molar-refractivity contribution is 5.83. The van der Waals surface area contributed by atoms with E-state index in [9.17, 15) is 9.59 Å². The molecule has 0 bridgehead atoms. The molecule has 0 rings (SSSR count). The average Bonchev–Trinajstić information content (AvgIpc) is 1.83. The molecule has 1 N–H and O–H groups in total. The van der Waals surface area contributed by atoms with Gasteiger partial charge in [-0.05, 0) is 0 Å². The highest BCUT2D eigenvalue weighted by Crippen LogP contribution is 1.77. The Morgan fingerprint density at radius 3 is 2.56 bits per heavy atom. The van der Waals surface area contributed by atoms with E-state index in [4.69, 9.17) is 5.11 Å². The number of aliphatic carboxylic acids is 1. The van der Waals surface area contributed by atoms with Crippen molar-refractivity contribution in [3.63, 3.8) is 0 Å². The van der Waals surface area contributed by atoms with Crippen LogP contribution >= 0.6 is 0 Å². The van der Waals surface area contributed by atoms with Gasteiger partial charge in [0.05, 0.1) is 0 Å². The number of carboxylic acids is 1. The SMILES string of the molecule is C=CC(=O)OCC(=O)O. The molecule has 0 radical (unpaired) electrons. The molecule has 0 heterocycles. The molecule has 50 valence electrons. The molecule has 0 aliphatic heterocycles. The Balaban J connectivity index is 3.39.